The minimum atomic E-state index is -0.986. The Morgan fingerprint density at radius 1 is 0.658 bits per heavy atom. The molecule has 1 aliphatic carbocycles. The van der Waals surface area contributed by atoms with Crippen LogP contribution in [-0.4, -0.2) is 23.8 Å². The van der Waals surface area contributed by atoms with Crippen LogP contribution in [0.15, 0.2) is 91.0 Å². The maximum atomic E-state index is 10.6. The zero-order chi connectivity index (χ0) is 27.1. The average Bonchev–Trinajstić information content (AvgIpc) is 3.21. The van der Waals surface area contributed by atoms with Gasteiger partial charge in [-0.2, -0.15) is 0 Å². The second-order valence-electron chi connectivity index (χ2n) is 11.4. The lowest BCUT2D eigenvalue weighted by Crippen LogP contribution is -2.49. The predicted molar refractivity (Wildman–Crippen MR) is 159 cm³/mol. The first-order chi connectivity index (χ1) is 18.1. The molecule has 0 aliphatic heterocycles. The van der Waals surface area contributed by atoms with E-state index in [0.29, 0.717) is 0 Å². The number of aliphatic hydroxyl groups is 1. The van der Waals surface area contributed by atoms with E-state index in [1.165, 1.54) is 44.5 Å². The number of benzene rings is 4. The van der Waals surface area contributed by atoms with E-state index in [1.54, 1.807) is 13.8 Å². The van der Waals surface area contributed by atoms with Crippen LogP contribution in [0.1, 0.15) is 74.9 Å². The van der Waals surface area contributed by atoms with Crippen LogP contribution in [0.3, 0.4) is 0 Å². The molecule has 0 aromatic heterocycles. The second-order valence-corrected chi connectivity index (χ2v) is 11.4. The lowest BCUT2D eigenvalue weighted by molar-refractivity contribution is -0.0893. The first-order valence-corrected chi connectivity index (χ1v) is 13.8. The van der Waals surface area contributed by atoms with Crippen molar-refractivity contribution in [2.24, 2.45) is 0 Å². The Morgan fingerprint density at radius 3 is 1.71 bits per heavy atom. The van der Waals surface area contributed by atoms with Gasteiger partial charge in [0.15, 0.2) is 0 Å². The Hall–Kier alpha value is -3.14. The van der Waals surface area contributed by atoms with Crippen LogP contribution in [0.25, 0.3) is 11.1 Å². The number of hydrogen-bond acceptors (Lipinski definition) is 2. The molecule has 0 fully saturated rings. The van der Waals surface area contributed by atoms with Gasteiger partial charge >= 0.3 is 7.48 Å². The molecule has 1 aliphatic rings. The minimum absolute atomic E-state index is 0.444. The average molecular weight is 501 g/mol. The molecule has 0 saturated heterocycles. The monoisotopic (exact) mass is 501 g/mol. The molecule has 4 aromatic rings. The Bertz CT molecular complexity index is 1410. The van der Waals surface area contributed by atoms with E-state index in [4.69, 9.17) is 4.65 Å². The van der Waals surface area contributed by atoms with Crippen LogP contribution in [0.4, 0.5) is 0 Å². The molecule has 3 heteroatoms. The SMILES string of the molecule is CCc1ccccc1C1(c2ccccc2CC)c2ccccc2-c2ccc([B]OC(C)(C)C(C)(C)O)cc21. The van der Waals surface area contributed by atoms with Crippen molar-refractivity contribution in [3.8, 4) is 11.1 Å². The van der Waals surface area contributed by atoms with E-state index in [9.17, 15) is 5.11 Å². The van der Waals surface area contributed by atoms with Gasteiger partial charge in [0.25, 0.3) is 0 Å². The summed E-state index contributed by atoms with van der Waals surface area (Å²) in [5.41, 5.74) is 9.35. The van der Waals surface area contributed by atoms with Crippen LogP contribution in [-0.2, 0) is 22.9 Å². The molecule has 193 valence electrons. The van der Waals surface area contributed by atoms with Gasteiger partial charge in [-0.05, 0) is 85.0 Å². The summed E-state index contributed by atoms with van der Waals surface area (Å²) in [5.74, 6) is 0. The van der Waals surface area contributed by atoms with Crippen molar-refractivity contribution < 1.29 is 9.76 Å². The number of hydrogen-bond donors (Lipinski definition) is 1. The highest BCUT2D eigenvalue weighted by Crippen LogP contribution is 2.57. The Kier molecular flexibility index (Phi) is 6.88. The first kappa shape index (κ1) is 26.5. The van der Waals surface area contributed by atoms with E-state index in [-0.39, 0.29) is 0 Å². The Balaban J connectivity index is 1.81. The van der Waals surface area contributed by atoms with Crippen molar-refractivity contribution in [3.63, 3.8) is 0 Å². The summed E-state index contributed by atoms with van der Waals surface area (Å²) >= 11 is 0. The normalized spacial score (nSPS) is 14.2. The highest BCUT2D eigenvalue weighted by Gasteiger charge is 2.48. The third kappa shape index (κ3) is 4.13. The second kappa shape index (κ2) is 9.87. The van der Waals surface area contributed by atoms with Crippen molar-refractivity contribution in [2.45, 2.75) is 71.0 Å². The van der Waals surface area contributed by atoms with E-state index in [0.717, 1.165) is 18.3 Å². The van der Waals surface area contributed by atoms with Gasteiger partial charge in [0.2, 0.25) is 0 Å². The Labute approximate surface area is 229 Å². The molecule has 2 nitrogen and oxygen atoms in total. The molecule has 0 unspecified atom stereocenters. The maximum absolute atomic E-state index is 10.6. The van der Waals surface area contributed by atoms with E-state index in [1.807, 2.05) is 21.3 Å². The fourth-order valence-corrected chi connectivity index (χ4v) is 5.84. The molecular weight excluding hydrogens is 463 g/mol. The van der Waals surface area contributed by atoms with E-state index >= 15 is 0 Å². The summed E-state index contributed by atoms with van der Waals surface area (Å²) in [6, 6.07) is 33.4. The molecule has 38 heavy (non-hydrogen) atoms. The van der Waals surface area contributed by atoms with Gasteiger partial charge in [0.1, 0.15) is 0 Å². The van der Waals surface area contributed by atoms with Crippen LogP contribution in [0.5, 0.6) is 0 Å². The van der Waals surface area contributed by atoms with Crippen molar-refractivity contribution >= 4 is 12.9 Å². The summed E-state index contributed by atoms with van der Waals surface area (Å²) in [7, 11) is 1.81. The molecule has 4 aromatic carbocycles. The predicted octanol–water partition coefficient (Wildman–Crippen LogP) is 6.99. The van der Waals surface area contributed by atoms with Gasteiger partial charge in [-0.15, -0.1) is 0 Å². The molecule has 0 heterocycles. The zero-order valence-electron chi connectivity index (χ0n) is 23.5. The fraction of sp³-hybridized carbons (Fsp3) is 0.314. The summed E-state index contributed by atoms with van der Waals surface area (Å²) in [4.78, 5) is 0. The van der Waals surface area contributed by atoms with Crippen LogP contribution >= 0.6 is 0 Å². The smallest absolute Gasteiger partial charge is 0.330 e. The highest BCUT2D eigenvalue weighted by atomic mass is 16.5. The molecule has 5 rings (SSSR count). The van der Waals surface area contributed by atoms with Gasteiger partial charge in [0.05, 0.1) is 16.6 Å². The third-order valence-corrected chi connectivity index (χ3v) is 8.64. The molecule has 0 spiro atoms. The molecule has 0 bridgehead atoms. The lowest BCUT2D eigenvalue weighted by atomic mass is 9.64. The largest absolute Gasteiger partial charge is 0.427 e. The van der Waals surface area contributed by atoms with Crippen molar-refractivity contribution in [1.82, 2.24) is 0 Å². The topological polar surface area (TPSA) is 29.5 Å². The molecule has 1 radical (unpaired) electrons. The first-order valence-electron chi connectivity index (χ1n) is 13.8. The van der Waals surface area contributed by atoms with Gasteiger partial charge in [-0.3, -0.25) is 0 Å². The summed E-state index contributed by atoms with van der Waals surface area (Å²) in [5, 5.41) is 10.6. The fourth-order valence-electron chi connectivity index (χ4n) is 5.84. The lowest BCUT2D eigenvalue weighted by Gasteiger charge is -2.38. The molecule has 0 saturated carbocycles. The van der Waals surface area contributed by atoms with Crippen LogP contribution in [0, 0.1) is 0 Å². The maximum Gasteiger partial charge on any atom is 0.330 e. The van der Waals surface area contributed by atoms with Gasteiger partial charge in [-0.25, -0.2) is 0 Å². The van der Waals surface area contributed by atoms with Crippen LogP contribution < -0.4 is 5.46 Å². The van der Waals surface area contributed by atoms with Crippen molar-refractivity contribution in [1.29, 1.82) is 0 Å². The number of aryl methyl sites for hydroxylation is 2. The minimum Gasteiger partial charge on any atom is -0.427 e. The van der Waals surface area contributed by atoms with Crippen LogP contribution in [0.2, 0.25) is 0 Å². The van der Waals surface area contributed by atoms with Crippen molar-refractivity contribution in [3.05, 3.63) is 124 Å². The zero-order valence-corrected chi connectivity index (χ0v) is 23.5. The van der Waals surface area contributed by atoms with Gasteiger partial charge < -0.3 is 9.76 Å². The van der Waals surface area contributed by atoms with Crippen molar-refractivity contribution in [2.75, 3.05) is 0 Å². The molecule has 1 N–H and O–H groups in total. The summed E-state index contributed by atoms with van der Waals surface area (Å²) in [6.07, 6.45) is 1.91. The standard InChI is InChI=1S/C35H38BO2/c1-7-24-15-9-12-18-29(24)35(30-19-13-10-16-25(30)8-2)31-20-14-11-17-27(31)28-22-21-26(23-32(28)35)36-38-34(5,6)33(3,4)37/h9-23,37H,7-8H2,1-6H3. The van der Waals surface area contributed by atoms with E-state index < -0.39 is 16.6 Å². The number of rotatable bonds is 8. The van der Waals surface area contributed by atoms with E-state index in [2.05, 4.69) is 105 Å². The Morgan fingerprint density at radius 2 is 1.16 bits per heavy atom. The van der Waals surface area contributed by atoms with Gasteiger partial charge in [0, 0.05) is 0 Å². The summed E-state index contributed by atoms with van der Waals surface area (Å²) in [6.45, 7) is 11.9. The highest BCUT2D eigenvalue weighted by molar-refractivity contribution is 6.47. The molecule has 0 atom stereocenters. The third-order valence-electron chi connectivity index (χ3n) is 8.64. The number of fused-ring (bicyclic) bond motifs is 3. The van der Waals surface area contributed by atoms with Gasteiger partial charge in [-0.1, -0.05) is 110 Å². The quantitative estimate of drug-likeness (QED) is 0.232. The molecule has 0 amide bonds. The summed E-state index contributed by atoms with van der Waals surface area (Å²) < 4.78 is 6.21. The molecular formula is C35H38BO2.